The number of alkyl halides is 1. The first-order chi connectivity index (χ1) is 10.1. The second-order valence-corrected chi connectivity index (χ2v) is 7.17. The van der Waals surface area contributed by atoms with E-state index in [-0.39, 0.29) is 4.83 Å². The van der Waals surface area contributed by atoms with Gasteiger partial charge in [-0.15, -0.1) is 0 Å². The van der Waals surface area contributed by atoms with E-state index in [2.05, 4.69) is 81.2 Å². The summed E-state index contributed by atoms with van der Waals surface area (Å²) >= 11 is 13.8. The Morgan fingerprint density at radius 2 is 1.71 bits per heavy atom. The van der Waals surface area contributed by atoms with Gasteiger partial charge >= 0.3 is 0 Å². The van der Waals surface area contributed by atoms with Gasteiger partial charge in [-0.1, -0.05) is 76.1 Å². The molecule has 1 atom stereocenters. The molecule has 0 aromatic heterocycles. The molecule has 0 N–H and O–H groups in total. The molecule has 21 heavy (non-hydrogen) atoms. The first-order valence-corrected chi connectivity index (χ1v) is 8.74. The Kier molecular flexibility index (Phi) is 4.39. The van der Waals surface area contributed by atoms with Crippen LogP contribution in [-0.4, -0.2) is 0 Å². The molecule has 0 spiro atoms. The molecular weight excluding hydrogens is 411 g/mol. The summed E-state index contributed by atoms with van der Waals surface area (Å²) in [7, 11) is 0. The van der Waals surface area contributed by atoms with Crippen molar-refractivity contribution in [1.29, 1.82) is 0 Å². The molecule has 0 aliphatic heterocycles. The molecule has 0 aliphatic rings. The summed E-state index contributed by atoms with van der Waals surface area (Å²) < 4.78 is 0.920. The molecule has 1 unspecified atom stereocenters. The largest absolute Gasteiger partial charge is 0.0827 e. The number of halogens is 3. The van der Waals surface area contributed by atoms with Gasteiger partial charge in [-0.3, -0.25) is 0 Å². The lowest BCUT2D eigenvalue weighted by molar-refractivity contribution is 1.16. The molecule has 0 saturated carbocycles. The van der Waals surface area contributed by atoms with Gasteiger partial charge in [-0.05, 0) is 56.4 Å². The molecule has 0 radical (unpaired) electrons. The predicted molar refractivity (Wildman–Crippen MR) is 98.6 cm³/mol. The van der Waals surface area contributed by atoms with Gasteiger partial charge < -0.3 is 0 Å². The van der Waals surface area contributed by atoms with Gasteiger partial charge in [0.1, 0.15) is 0 Å². The Morgan fingerprint density at radius 1 is 0.952 bits per heavy atom. The van der Waals surface area contributed by atoms with E-state index in [0.29, 0.717) is 0 Å². The minimum atomic E-state index is 0.0635. The molecule has 3 aromatic carbocycles. The first kappa shape index (κ1) is 15.1. The van der Waals surface area contributed by atoms with Crippen LogP contribution in [0.4, 0.5) is 0 Å². The number of hydrogen-bond acceptors (Lipinski definition) is 0. The standard InChI is InChI=1S/C18H13Br2Cl/c1-11-9-10-12-5-2-3-6-13(12)16(11)17(20)14-7-4-8-15(19)18(14)21/h2-10,17H,1H3. The molecule has 0 aliphatic carbocycles. The number of hydrogen-bond donors (Lipinski definition) is 0. The average molecular weight is 425 g/mol. The summed E-state index contributed by atoms with van der Waals surface area (Å²) in [5.41, 5.74) is 3.60. The lowest BCUT2D eigenvalue weighted by atomic mass is 9.94. The molecule has 3 rings (SSSR count). The molecule has 0 amide bonds. The normalized spacial score (nSPS) is 12.6. The van der Waals surface area contributed by atoms with E-state index in [0.717, 1.165) is 15.1 Å². The molecule has 3 heteroatoms. The van der Waals surface area contributed by atoms with Gasteiger partial charge in [0.25, 0.3) is 0 Å². The molecule has 0 heterocycles. The molecule has 0 nitrogen and oxygen atoms in total. The quantitative estimate of drug-likeness (QED) is 0.387. The van der Waals surface area contributed by atoms with Crippen LogP contribution in [-0.2, 0) is 0 Å². The fourth-order valence-corrected chi connectivity index (χ4v) is 4.35. The fourth-order valence-electron chi connectivity index (χ4n) is 2.61. The minimum absolute atomic E-state index is 0.0635. The van der Waals surface area contributed by atoms with E-state index < -0.39 is 0 Å². The monoisotopic (exact) mass is 422 g/mol. The summed E-state index contributed by atoms with van der Waals surface area (Å²) in [5, 5.41) is 3.26. The summed E-state index contributed by atoms with van der Waals surface area (Å²) in [4.78, 5) is 0.0635. The van der Waals surface area contributed by atoms with Crippen molar-refractivity contribution in [2.75, 3.05) is 0 Å². The van der Waals surface area contributed by atoms with E-state index in [1.54, 1.807) is 0 Å². The minimum Gasteiger partial charge on any atom is -0.0827 e. The lowest BCUT2D eigenvalue weighted by Crippen LogP contribution is -1.98. The van der Waals surface area contributed by atoms with E-state index in [9.17, 15) is 0 Å². The molecule has 106 valence electrons. The smallest absolute Gasteiger partial charge is 0.0668 e. The molecule has 0 saturated heterocycles. The van der Waals surface area contributed by atoms with E-state index in [4.69, 9.17) is 11.6 Å². The maximum absolute atomic E-state index is 6.46. The third kappa shape index (κ3) is 2.77. The van der Waals surface area contributed by atoms with Gasteiger partial charge in [0.05, 0.1) is 9.85 Å². The molecule has 3 aromatic rings. The van der Waals surface area contributed by atoms with Crippen LogP contribution in [0.1, 0.15) is 21.5 Å². The predicted octanol–water partition coefficient (Wildman–Crippen LogP) is 7.05. The highest BCUT2D eigenvalue weighted by Crippen LogP contribution is 2.42. The van der Waals surface area contributed by atoms with Crippen LogP contribution in [0.25, 0.3) is 10.8 Å². The molecule has 0 bridgehead atoms. The van der Waals surface area contributed by atoms with Gasteiger partial charge in [0, 0.05) is 4.47 Å². The average Bonchev–Trinajstić information content (AvgIpc) is 2.49. The van der Waals surface area contributed by atoms with Gasteiger partial charge in [-0.25, -0.2) is 0 Å². The summed E-state index contributed by atoms with van der Waals surface area (Å²) in [5.74, 6) is 0. The maximum atomic E-state index is 6.46. The second kappa shape index (κ2) is 6.12. The van der Waals surface area contributed by atoms with Crippen molar-refractivity contribution >= 4 is 54.2 Å². The number of benzene rings is 3. The first-order valence-electron chi connectivity index (χ1n) is 6.66. The van der Waals surface area contributed by atoms with Crippen molar-refractivity contribution in [2.45, 2.75) is 11.8 Å². The Morgan fingerprint density at radius 3 is 2.52 bits per heavy atom. The number of fused-ring (bicyclic) bond motifs is 1. The van der Waals surface area contributed by atoms with Crippen LogP contribution in [0.5, 0.6) is 0 Å². The van der Waals surface area contributed by atoms with E-state index >= 15 is 0 Å². The van der Waals surface area contributed by atoms with Crippen LogP contribution >= 0.6 is 43.5 Å². The van der Waals surface area contributed by atoms with Crippen molar-refractivity contribution in [3.8, 4) is 0 Å². The zero-order valence-electron chi connectivity index (χ0n) is 11.4. The Hall–Kier alpha value is -0.830. The lowest BCUT2D eigenvalue weighted by Gasteiger charge is -2.18. The summed E-state index contributed by atoms with van der Waals surface area (Å²) in [6.07, 6.45) is 0. The van der Waals surface area contributed by atoms with Crippen molar-refractivity contribution in [3.05, 3.63) is 80.8 Å². The van der Waals surface area contributed by atoms with Crippen LogP contribution in [0, 0.1) is 6.92 Å². The highest BCUT2D eigenvalue weighted by molar-refractivity contribution is 9.10. The highest BCUT2D eigenvalue weighted by Gasteiger charge is 2.19. The zero-order chi connectivity index (χ0) is 15.0. The van der Waals surface area contributed by atoms with Crippen molar-refractivity contribution < 1.29 is 0 Å². The third-order valence-electron chi connectivity index (χ3n) is 3.70. The number of aryl methyl sites for hydroxylation is 1. The highest BCUT2D eigenvalue weighted by atomic mass is 79.9. The zero-order valence-corrected chi connectivity index (χ0v) is 15.3. The molecular formula is C18H13Br2Cl. The topological polar surface area (TPSA) is 0 Å². The van der Waals surface area contributed by atoms with Crippen molar-refractivity contribution in [2.24, 2.45) is 0 Å². The van der Waals surface area contributed by atoms with Gasteiger partial charge in [-0.2, -0.15) is 0 Å². The van der Waals surface area contributed by atoms with E-state index in [1.165, 1.54) is 21.9 Å². The number of rotatable bonds is 2. The van der Waals surface area contributed by atoms with Crippen LogP contribution < -0.4 is 0 Å². The van der Waals surface area contributed by atoms with Crippen LogP contribution in [0.2, 0.25) is 5.02 Å². The van der Waals surface area contributed by atoms with Crippen LogP contribution in [0.3, 0.4) is 0 Å². The van der Waals surface area contributed by atoms with Crippen molar-refractivity contribution in [3.63, 3.8) is 0 Å². The summed E-state index contributed by atoms with van der Waals surface area (Å²) in [6, 6.07) is 18.8. The Labute approximate surface area is 146 Å². The van der Waals surface area contributed by atoms with Crippen molar-refractivity contribution in [1.82, 2.24) is 0 Å². The fraction of sp³-hybridized carbons (Fsp3) is 0.111. The third-order valence-corrected chi connectivity index (χ3v) is 5.96. The molecule has 0 fully saturated rings. The summed E-state index contributed by atoms with van der Waals surface area (Å²) in [6.45, 7) is 2.14. The van der Waals surface area contributed by atoms with E-state index in [1.807, 2.05) is 12.1 Å². The Balaban J connectivity index is 2.24. The Bertz CT molecular complexity index is 811. The second-order valence-electron chi connectivity index (χ2n) is 5.02. The van der Waals surface area contributed by atoms with Gasteiger partial charge in [0.2, 0.25) is 0 Å². The SMILES string of the molecule is Cc1ccc2ccccc2c1C(Br)c1cccc(Br)c1Cl. The van der Waals surface area contributed by atoms with Gasteiger partial charge in [0.15, 0.2) is 0 Å². The maximum Gasteiger partial charge on any atom is 0.0668 e. The van der Waals surface area contributed by atoms with Crippen LogP contribution in [0.15, 0.2) is 59.1 Å².